The zero-order valence-electron chi connectivity index (χ0n) is 9.88. The highest BCUT2D eigenvalue weighted by atomic mass is 16.2. The van der Waals surface area contributed by atoms with Crippen molar-refractivity contribution in [3.8, 4) is 0 Å². The van der Waals surface area contributed by atoms with Crippen LogP contribution in [-0.4, -0.2) is 49.3 Å². The normalized spacial score (nSPS) is 17.4. The second-order valence-electron chi connectivity index (χ2n) is 4.44. The van der Waals surface area contributed by atoms with Crippen molar-refractivity contribution in [1.82, 2.24) is 10.2 Å². The van der Waals surface area contributed by atoms with Crippen LogP contribution in [0.4, 0.5) is 0 Å². The predicted octanol–water partition coefficient (Wildman–Crippen LogP) is 1.22. The monoisotopic (exact) mass is 214 g/mol. The molecule has 90 valence electrons. The first-order valence-electron chi connectivity index (χ1n) is 6.47. The number of hydrogen-bond acceptors (Lipinski definition) is 3. The Morgan fingerprint density at radius 2 is 1.67 bits per heavy atom. The van der Waals surface area contributed by atoms with Crippen molar-refractivity contribution < 1.29 is 5.11 Å². The Morgan fingerprint density at radius 3 is 2.40 bits per heavy atom. The van der Waals surface area contributed by atoms with Gasteiger partial charge in [-0.25, -0.2) is 0 Å². The molecule has 3 nitrogen and oxygen atoms in total. The van der Waals surface area contributed by atoms with E-state index < -0.39 is 0 Å². The van der Waals surface area contributed by atoms with Crippen molar-refractivity contribution in [2.45, 2.75) is 38.5 Å². The van der Waals surface area contributed by atoms with E-state index in [9.17, 15) is 0 Å². The van der Waals surface area contributed by atoms with Gasteiger partial charge in [-0.3, -0.25) is 0 Å². The van der Waals surface area contributed by atoms with E-state index in [1.54, 1.807) is 0 Å². The third-order valence-corrected chi connectivity index (χ3v) is 3.04. The Labute approximate surface area is 93.9 Å². The Kier molecular flexibility index (Phi) is 7.88. The molecule has 0 aromatic rings. The molecule has 2 N–H and O–H groups in total. The molecule has 1 aliphatic rings. The van der Waals surface area contributed by atoms with Gasteiger partial charge in [0.2, 0.25) is 0 Å². The summed E-state index contributed by atoms with van der Waals surface area (Å²) in [6.45, 7) is 6.50. The Balaban J connectivity index is 1.73. The third kappa shape index (κ3) is 6.88. The maximum Gasteiger partial charge on any atom is 0.0431 e. The summed E-state index contributed by atoms with van der Waals surface area (Å²) in [7, 11) is 0. The second-order valence-corrected chi connectivity index (χ2v) is 4.44. The number of nitrogens with one attached hydrogen (secondary N) is 1. The number of aliphatic hydroxyl groups is 1. The summed E-state index contributed by atoms with van der Waals surface area (Å²) in [5, 5.41) is 12.1. The summed E-state index contributed by atoms with van der Waals surface area (Å²) in [6.07, 6.45) is 7.37. The Hall–Kier alpha value is -0.120. The number of unbranched alkanes of at least 4 members (excludes halogenated alkanes) is 2. The maximum atomic E-state index is 8.60. The van der Waals surface area contributed by atoms with Crippen LogP contribution in [0.5, 0.6) is 0 Å². The summed E-state index contributed by atoms with van der Waals surface area (Å²) in [5.74, 6) is 0. The van der Waals surface area contributed by atoms with Gasteiger partial charge in [0.05, 0.1) is 0 Å². The predicted molar refractivity (Wildman–Crippen MR) is 64.1 cm³/mol. The van der Waals surface area contributed by atoms with Gasteiger partial charge in [-0.2, -0.15) is 0 Å². The Bertz CT molecular complexity index is 136. The van der Waals surface area contributed by atoms with Crippen molar-refractivity contribution in [1.29, 1.82) is 0 Å². The van der Waals surface area contributed by atoms with E-state index in [2.05, 4.69) is 10.2 Å². The van der Waals surface area contributed by atoms with Crippen molar-refractivity contribution >= 4 is 0 Å². The lowest BCUT2D eigenvalue weighted by molar-refractivity contribution is 0.282. The minimum absolute atomic E-state index is 0.342. The maximum absolute atomic E-state index is 8.60. The van der Waals surface area contributed by atoms with Gasteiger partial charge in [-0.15, -0.1) is 0 Å². The van der Waals surface area contributed by atoms with Crippen LogP contribution >= 0.6 is 0 Å². The van der Waals surface area contributed by atoms with Crippen molar-refractivity contribution in [2.75, 3.05) is 39.3 Å². The van der Waals surface area contributed by atoms with Gasteiger partial charge in [0.25, 0.3) is 0 Å². The van der Waals surface area contributed by atoms with Crippen LogP contribution in [0.15, 0.2) is 0 Å². The average Bonchev–Trinajstić information content (AvgIpc) is 2.75. The van der Waals surface area contributed by atoms with Crippen LogP contribution in [0.1, 0.15) is 38.5 Å². The lowest BCUT2D eigenvalue weighted by Gasteiger charge is -2.14. The molecule has 0 aromatic heterocycles. The SMILES string of the molecule is OCCCCCNCCCN1CCCC1. The molecule has 1 aliphatic heterocycles. The van der Waals surface area contributed by atoms with Crippen molar-refractivity contribution in [3.63, 3.8) is 0 Å². The molecule has 0 radical (unpaired) electrons. The zero-order chi connectivity index (χ0) is 10.8. The molecule has 0 amide bonds. The third-order valence-electron chi connectivity index (χ3n) is 3.04. The number of nitrogens with zero attached hydrogens (tertiary/aromatic N) is 1. The van der Waals surface area contributed by atoms with Crippen LogP contribution in [0.25, 0.3) is 0 Å². The van der Waals surface area contributed by atoms with E-state index in [1.165, 1.54) is 45.3 Å². The van der Waals surface area contributed by atoms with Gasteiger partial charge >= 0.3 is 0 Å². The molecule has 0 atom stereocenters. The highest BCUT2D eigenvalue weighted by Gasteiger charge is 2.09. The fourth-order valence-corrected chi connectivity index (χ4v) is 2.10. The lowest BCUT2D eigenvalue weighted by atomic mass is 10.2. The highest BCUT2D eigenvalue weighted by molar-refractivity contribution is 4.66. The minimum Gasteiger partial charge on any atom is -0.396 e. The molecule has 0 unspecified atom stereocenters. The first-order chi connectivity index (χ1) is 7.43. The minimum atomic E-state index is 0.342. The molecule has 0 saturated carbocycles. The Morgan fingerprint density at radius 1 is 0.933 bits per heavy atom. The summed E-state index contributed by atoms with van der Waals surface area (Å²) in [5.41, 5.74) is 0. The van der Waals surface area contributed by atoms with Crippen LogP contribution in [0, 0.1) is 0 Å². The smallest absolute Gasteiger partial charge is 0.0431 e. The molecule has 0 aromatic carbocycles. The summed E-state index contributed by atoms with van der Waals surface area (Å²) in [6, 6.07) is 0. The average molecular weight is 214 g/mol. The van der Waals surface area contributed by atoms with Crippen LogP contribution in [0.2, 0.25) is 0 Å². The van der Waals surface area contributed by atoms with E-state index in [0.29, 0.717) is 6.61 Å². The van der Waals surface area contributed by atoms with Crippen LogP contribution in [0.3, 0.4) is 0 Å². The number of hydrogen-bond donors (Lipinski definition) is 2. The van der Waals surface area contributed by atoms with Crippen LogP contribution < -0.4 is 5.32 Å². The topological polar surface area (TPSA) is 35.5 Å². The van der Waals surface area contributed by atoms with Gasteiger partial charge in [-0.1, -0.05) is 0 Å². The number of aliphatic hydroxyl groups excluding tert-OH is 1. The first kappa shape index (κ1) is 12.9. The van der Waals surface area contributed by atoms with E-state index in [-0.39, 0.29) is 0 Å². The standard InChI is InChI=1S/C12H26N2O/c15-12-5-1-2-7-13-8-6-11-14-9-3-4-10-14/h13,15H,1-12H2. The first-order valence-corrected chi connectivity index (χ1v) is 6.47. The van der Waals surface area contributed by atoms with Crippen molar-refractivity contribution in [2.24, 2.45) is 0 Å². The van der Waals surface area contributed by atoms with Gasteiger partial charge in [0.15, 0.2) is 0 Å². The van der Waals surface area contributed by atoms with Crippen LogP contribution in [-0.2, 0) is 0 Å². The van der Waals surface area contributed by atoms with Gasteiger partial charge in [0, 0.05) is 6.61 Å². The van der Waals surface area contributed by atoms with E-state index in [0.717, 1.165) is 25.9 Å². The number of rotatable bonds is 9. The molecule has 0 aliphatic carbocycles. The van der Waals surface area contributed by atoms with Gasteiger partial charge in [0.1, 0.15) is 0 Å². The molecule has 1 rings (SSSR count). The quantitative estimate of drug-likeness (QED) is 0.567. The van der Waals surface area contributed by atoms with Gasteiger partial charge in [-0.05, 0) is 71.2 Å². The molecule has 1 saturated heterocycles. The molecule has 1 heterocycles. The fourth-order valence-electron chi connectivity index (χ4n) is 2.10. The second kappa shape index (κ2) is 9.13. The molecular weight excluding hydrogens is 188 g/mol. The van der Waals surface area contributed by atoms with E-state index in [1.807, 2.05) is 0 Å². The number of likely N-dealkylation sites (tertiary alicyclic amines) is 1. The largest absolute Gasteiger partial charge is 0.396 e. The highest BCUT2D eigenvalue weighted by Crippen LogP contribution is 2.06. The molecular formula is C12H26N2O. The molecule has 0 spiro atoms. The van der Waals surface area contributed by atoms with Crippen molar-refractivity contribution in [3.05, 3.63) is 0 Å². The lowest BCUT2D eigenvalue weighted by Crippen LogP contribution is -2.25. The molecule has 15 heavy (non-hydrogen) atoms. The molecule has 1 fully saturated rings. The summed E-state index contributed by atoms with van der Waals surface area (Å²) < 4.78 is 0. The molecule has 0 bridgehead atoms. The summed E-state index contributed by atoms with van der Waals surface area (Å²) >= 11 is 0. The fraction of sp³-hybridized carbons (Fsp3) is 1.00. The van der Waals surface area contributed by atoms with E-state index in [4.69, 9.17) is 5.11 Å². The zero-order valence-corrected chi connectivity index (χ0v) is 9.88. The van der Waals surface area contributed by atoms with Gasteiger partial charge < -0.3 is 15.3 Å². The summed E-state index contributed by atoms with van der Waals surface area (Å²) in [4.78, 5) is 2.56. The molecule has 3 heteroatoms. The van der Waals surface area contributed by atoms with E-state index >= 15 is 0 Å².